The highest BCUT2D eigenvalue weighted by Gasteiger charge is 2.45. The SMILES string of the molecule is Cc1c2c(cc3cc4ccccc4cc13)B1c3c(cc4oc5ccccc5c4c3-c3cccc4c5ccccc5n1c34)N2c1cc(C(C)(C)C)cc(C(C)(C)C)c1. The zero-order valence-electron chi connectivity index (χ0n) is 33.6. The van der Waals surface area contributed by atoms with E-state index in [1.807, 2.05) is 0 Å². The summed E-state index contributed by atoms with van der Waals surface area (Å²) in [6.07, 6.45) is 0. The Morgan fingerprint density at radius 3 is 1.98 bits per heavy atom. The van der Waals surface area contributed by atoms with Crippen LogP contribution in [0.4, 0.5) is 17.1 Å². The maximum absolute atomic E-state index is 6.91. The molecule has 0 saturated heterocycles. The lowest BCUT2D eigenvalue weighted by Gasteiger charge is -2.42. The summed E-state index contributed by atoms with van der Waals surface area (Å²) in [5, 5.41) is 10.0. The lowest BCUT2D eigenvalue weighted by atomic mass is 9.44. The van der Waals surface area contributed by atoms with E-state index in [-0.39, 0.29) is 17.7 Å². The fourth-order valence-electron chi connectivity index (χ4n) is 10.4. The molecule has 274 valence electrons. The van der Waals surface area contributed by atoms with Gasteiger partial charge in [-0.15, -0.1) is 0 Å². The normalized spacial score (nSPS) is 13.8. The van der Waals surface area contributed by atoms with Crippen molar-refractivity contribution in [1.29, 1.82) is 0 Å². The molecule has 0 spiro atoms. The van der Waals surface area contributed by atoms with E-state index in [0.717, 1.165) is 16.6 Å². The first kappa shape index (κ1) is 32.9. The summed E-state index contributed by atoms with van der Waals surface area (Å²) in [5.74, 6) is 0. The molecular weight excluding hydrogens is 691 g/mol. The molecule has 4 heterocycles. The van der Waals surface area contributed by atoms with E-state index >= 15 is 0 Å². The molecule has 0 unspecified atom stereocenters. The third-order valence-electron chi connectivity index (χ3n) is 13.1. The van der Waals surface area contributed by atoms with Gasteiger partial charge in [-0.1, -0.05) is 133 Å². The first-order valence-corrected chi connectivity index (χ1v) is 20.4. The van der Waals surface area contributed by atoms with Gasteiger partial charge in [-0.3, -0.25) is 0 Å². The summed E-state index contributed by atoms with van der Waals surface area (Å²) >= 11 is 0. The number of aryl methyl sites for hydroxylation is 1. The van der Waals surface area contributed by atoms with Gasteiger partial charge < -0.3 is 13.8 Å². The van der Waals surface area contributed by atoms with Crippen molar-refractivity contribution >= 4 is 100 Å². The van der Waals surface area contributed by atoms with Crippen molar-refractivity contribution in [2.75, 3.05) is 4.90 Å². The van der Waals surface area contributed by atoms with Gasteiger partial charge in [0.05, 0.1) is 0 Å². The topological polar surface area (TPSA) is 21.3 Å². The van der Waals surface area contributed by atoms with Crippen LogP contribution in [0.2, 0.25) is 0 Å². The molecule has 4 heteroatoms. The van der Waals surface area contributed by atoms with Crippen LogP contribution in [0.15, 0.2) is 138 Å². The number of aromatic nitrogens is 1. The molecule has 57 heavy (non-hydrogen) atoms. The Kier molecular flexibility index (Phi) is 6.35. The Balaban J connectivity index is 1.33. The van der Waals surface area contributed by atoms with Crippen molar-refractivity contribution in [2.45, 2.75) is 59.3 Å². The van der Waals surface area contributed by atoms with Crippen molar-refractivity contribution in [3.8, 4) is 11.1 Å². The van der Waals surface area contributed by atoms with Gasteiger partial charge in [0.2, 0.25) is 0 Å². The Labute approximate surface area is 333 Å². The van der Waals surface area contributed by atoms with Gasteiger partial charge in [0.15, 0.2) is 0 Å². The summed E-state index contributed by atoms with van der Waals surface area (Å²) in [7, 11) is 0. The summed E-state index contributed by atoms with van der Waals surface area (Å²) < 4.78 is 9.58. The predicted octanol–water partition coefficient (Wildman–Crippen LogP) is 13.3. The average Bonchev–Trinajstić information content (AvgIpc) is 3.74. The average molecular weight is 735 g/mol. The van der Waals surface area contributed by atoms with E-state index in [9.17, 15) is 0 Å². The number of hydrogen-bond donors (Lipinski definition) is 0. The second-order valence-electron chi connectivity index (χ2n) is 18.6. The highest BCUT2D eigenvalue weighted by molar-refractivity contribution is 6.90. The van der Waals surface area contributed by atoms with Gasteiger partial charge in [-0.05, 0) is 109 Å². The molecule has 2 aliphatic rings. The minimum absolute atomic E-state index is 0.0504. The molecular formula is C53H43BN2O. The minimum Gasteiger partial charge on any atom is -0.456 e. The largest absolute Gasteiger partial charge is 0.456 e. The molecule has 0 N–H and O–H groups in total. The third-order valence-corrected chi connectivity index (χ3v) is 13.1. The standard InChI is InChI=1S/C53H43BN2O/c1-30-41-24-32-16-9-8-15-31(32)23-33(41)25-42-50(30)55(36-27-34(52(2,3)4)26-35(28-36)53(5,6)7)44-29-46-47(39-18-11-13-22-45(39)57-46)48-40-20-14-19-38-37-17-10-12-21-43(37)56(51(38)40)54(42)49(44)48/h8-29H,1-7H3. The van der Waals surface area contributed by atoms with Gasteiger partial charge in [-0.2, -0.15) is 0 Å². The van der Waals surface area contributed by atoms with Crippen molar-refractivity contribution in [3.63, 3.8) is 0 Å². The van der Waals surface area contributed by atoms with Gasteiger partial charge in [0, 0.05) is 61.3 Å². The number of benzene rings is 8. The molecule has 3 nitrogen and oxygen atoms in total. The van der Waals surface area contributed by atoms with Gasteiger partial charge in [-0.25, -0.2) is 0 Å². The smallest absolute Gasteiger partial charge is 0.333 e. The van der Waals surface area contributed by atoms with Crippen LogP contribution in [0.5, 0.6) is 0 Å². The van der Waals surface area contributed by atoms with Gasteiger partial charge >= 0.3 is 6.85 Å². The van der Waals surface area contributed by atoms with Gasteiger partial charge in [0.25, 0.3) is 0 Å². The fourth-order valence-corrected chi connectivity index (χ4v) is 10.4. The van der Waals surface area contributed by atoms with E-state index < -0.39 is 0 Å². The van der Waals surface area contributed by atoms with E-state index in [1.165, 1.54) is 105 Å². The molecule has 0 saturated carbocycles. The van der Waals surface area contributed by atoms with Crippen LogP contribution >= 0.6 is 0 Å². The second kappa shape index (κ2) is 11.0. The Bertz CT molecular complexity index is 3370. The zero-order chi connectivity index (χ0) is 38.7. The molecule has 2 aliphatic heterocycles. The fraction of sp³-hybridized carbons (Fsp3) is 0.170. The highest BCUT2D eigenvalue weighted by atomic mass is 16.3. The second-order valence-corrected chi connectivity index (χ2v) is 18.6. The van der Waals surface area contributed by atoms with E-state index in [4.69, 9.17) is 4.42 Å². The van der Waals surface area contributed by atoms with Crippen LogP contribution in [0.1, 0.15) is 58.2 Å². The van der Waals surface area contributed by atoms with Crippen molar-refractivity contribution < 1.29 is 4.42 Å². The molecule has 8 aromatic carbocycles. The van der Waals surface area contributed by atoms with Crippen molar-refractivity contribution in [2.24, 2.45) is 0 Å². The number of anilines is 3. The van der Waals surface area contributed by atoms with Crippen molar-refractivity contribution in [1.82, 2.24) is 4.48 Å². The molecule has 2 aromatic heterocycles. The summed E-state index contributed by atoms with van der Waals surface area (Å²) in [6, 6.07) is 50.4. The van der Waals surface area contributed by atoms with Crippen LogP contribution in [0, 0.1) is 6.92 Å². The Morgan fingerprint density at radius 2 is 1.23 bits per heavy atom. The maximum Gasteiger partial charge on any atom is 0.333 e. The van der Waals surface area contributed by atoms with Crippen LogP contribution in [-0.4, -0.2) is 11.3 Å². The molecule has 0 bridgehead atoms. The lowest BCUT2D eigenvalue weighted by Crippen LogP contribution is -2.57. The Morgan fingerprint density at radius 1 is 0.561 bits per heavy atom. The third kappa shape index (κ3) is 4.39. The summed E-state index contributed by atoms with van der Waals surface area (Å²) in [4.78, 5) is 2.61. The van der Waals surface area contributed by atoms with Gasteiger partial charge in [0.1, 0.15) is 11.2 Å². The highest BCUT2D eigenvalue weighted by Crippen LogP contribution is 2.51. The van der Waals surface area contributed by atoms with E-state index in [0.29, 0.717) is 0 Å². The molecule has 10 aromatic rings. The van der Waals surface area contributed by atoms with E-state index in [1.54, 1.807) is 0 Å². The molecule has 0 radical (unpaired) electrons. The molecule has 0 fully saturated rings. The molecule has 0 aliphatic carbocycles. The number of fused-ring (bicyclic) bond motifs is 13. The van der Waals surface area contributed by atoms with Crippen molar-refractivity contribution in [3.05, 3.63) is 150 Å². The molecule has 0 amide bonds. The zero-order valence-corrected chi connectivity index (χ0v) is 33.6. The summed E-state index contributed by atoms with van der Waals surface area (Å²) in [5.41, 5.74) is 17.1. The number of furan rings is 1. The quantitative estimate of drug-likeness (QED) is 0.124. The molecule has 0 atom stereocenters. The first-order chi connectivity index (χ1) is 27.5. The predicted molar refractivity (Wildman–Crippen MR) is 244 cm³/mol. The lowest BCUT2D eigenvalue weighted by molar-refractivity contribution is 0.569. The first-order valence-electron chi connectivity index (χ1n) is 20.4. The van der Waals surface area contributed by atoms with Crippen LogP contribution in [0.25, 0.3) is 76.4 Å². The number of rotatable bonds is 1. The van der Waals surface area contributed by atoms with Crippen LogP contribution in [-0.2, 0) is 10.8 Å². The maximum atomic E-state index is 6.91. The molecule has 12 rings (SSSR count). The Hall–Kier alpha value is -6.26. The monoisotopic (exact) mass is 734 g/mol. The number of hydrogen-bond acceptors (Lipinski definition) is 2. The minimum atomic E-state index is -0.0703. The van der Waals surface area contributed by atoms with Crippen LogP contribution < -0.4 is 15.8 Å². The summed E-state index contributed by atoms with van der Waals surface area (Å²) in [6.45, 7) is 16.3. The number of para-hydroxylation sites is 3. The van der Waals surface area contributed by atoms with Crippen LogP contribution in [0.3, 0.4) is 0 Å². The van der Waals surface area contributed by atoms with E-state index in [2.05, 4.69) is 191 Å². The number of nitrogens with zero attached hydrogens (tertiary/aromatic N) is 2.